The minimum absolute atomic E-state index is 0.812. The Balaban J connectivity index is 2.07. The molecule has 0 bridgehead atoms. The van der Waals surface area contributed by atoms with Crippen molar-refractivity contribution in [2.24, 2.45) is 0 Å². The first-order valence-corrected chi connectivity index (χ1v) is 7.57. The van der Waals surface area contributed by atoms with Gasteiger partial charge in [-0.25, -0.2) is 4.98 Å². The van der Waals surface area contributed by atoms with E-state index in [4.69, 9.17) is 0 Å². The maximum Gasteiger partial charge on any atom is 0.140 e. The highest BCUT2D eigenvalue weighted by Gasteiger charge is 2.04. The number of thiophene rings is 1. The summed E-state index contributed by atoms with van der Waals surface area (Å²) in [4.78, 5) is 7.03. The number of hydrogen-bond acceptors (Lipinski definition) is 3. The molecule has 0 amide bonds. The molecule has 90 valence electrons. The molecule has 0 saturated carbocycles. The third-order valence-electron chi connectivity index (χ3n) is 2.45. The molecule has 0 aliphatic rings. The first-order valence-electron chi connectivity index (χ1n) is 5.17. The van der Waals surface area contributed by atoms with Crippen molar-refractivity contribution in [3.63, 3.8) is 0 Å². The Kier molecular flexibility index (Phi) is 4.22. The zero-order valence-electron chi connectivity index (χ0n) is 9.55. The van der Waals surface area contributed by atoms with Gasteiger partial charge >= 0.3 is 0 Å². The van der Waals surface area contributed by atoms with E-state index in [9.17, 15) is 0 Å². The fourth-order valence-electron chi connectivity index (χ4n) is 1.45. The third kappa shape index (κ3) is 3.30. The van der Waals surface area contributed by atoms with E-state index < -0.39 is 0 Å². The minimum Gasteiger partial charge on any atom is -0.364 e. The molecule has 0 spiro atoms. The van der Waals surface area contributed by atoms with Crippen LogP contribution in [-0.2, 0) is 6.54 Å². The lowest BCUT2D eigenvalue weighted by atomic mass is 10.3. The van der Waals surface area contributed by atoms with Gasteiger partial charge < -0.3 is 5.32 Å². The molecule has 0 aliphatic carbocycles. The molecule has 0 unspecified atom stereocenters. The monoisotopic (exact) mass is 374 g/mol. The Morgan fingerprint density at radius 3 is 2.65 bits per heavy atom. The van der Waals surface area contributed by atoms with Gasteiger partial charge in [0.15, 0.2) is 0 Å². The number of pyridine rings is 1. The SMILES string of the molecule is Cc1cc(CNc2ncc(Br)cc2Br)sc1C. The lowest BCUT2D eigenvalue weighted by molar-refractivity contribution is 1.13. The van der Waals surface area contributed by atoms with E-state index >= 15 is 0 Å². The average molecular weight is 376 g/mol. The topological polar surface area (TPSA) is 24.9 Å². The zero-order valence-corrected chi connectivity index (χ0v) is 13.5. The zero-order chi connectivity index (χ0) is 12.4. The largest absolute Gasteiger partial charge is 0.364 e. The highest BCUT2D eigenvalue weighted by atomic mass is 79.9. The third-order valence-corrected chi connectivity index (χ3v) is 4.65. The molecule has 17 heavy (non-hydrogen) atoms. The van der Waals surface area contributed by atoms with Gasteiger partial charge in [0.25, 0.3) is 0 Å². The summed E-state index contributed by atoms with van der Waals surface area (Å²) in [6.07, 6.45) is 1.79. The summed E-state index contributed by atoms with van der Waals surface area (Å²) in [5.41, 5.74) is 1.36. The number of aromatic nitrogens is 1. The van der Waals surface area contributed by atoms with Crippen LogP contribution in [0, 0.1) is 13.8 Å². The van der Waals surface area contributed by atoms with Crippen LogP contribution in [0.3, 0.4) is 0 Å². The van der Waals surface area contributed by atoms with E-state index in [1.807, 2.05) is 17.4 Å². The molecule has 2 aromatic rings. The van der Waals surface area contributed by atoms with Crippen molar-refractivity contribution in [2.75, 3.05) is 5.32 Å². The normalized spacial score (nSPS) is 10.6. The smallest absolute Gasteiger partial charge is 0.140 e. The van der Waals surface area contributed by atoms with Crippen LogP contribution in [-0.4, -0.2) is 4.98 Å². The van der Waals surface area contributed by atoms with Crippen LogP contribution in [0.4, 0.5) is 5.82 Å². The second-order valence-electron chi connectivity index (χ2n) is 3.79. The van der Waals surface area contributed by atoms with Crippen molar-refractivity contribution in [1.29, 1.82) is 0 Å². The molecule has 2 aromatic heterocycles. The van der Waals surface area contributed by atoms with Gasteiger partial charge in [-0.1, -0.05) is 0 Å². The van der Waals surface area contributed by atoms with Gasteiger partial charge in [0.05, 0.1) is 11.0 Å². The summed E-state index contributed by atoms with van der Waals surface area (Å²) in [6.45, 7) is 5.10. The second-order valence-corrected chi connectivity index (χ2v) is 6.90. The van der Waals surface area contributed by atoms with Crippen LogP contribution in [0.15, 0.2) is 27.3 Å². The summed E-state index contributed by atoms with van der Waals surface area (Å²) in [7, 11) is 0. The second kappa shape index (κ2) is 5.50. The number of anilines is 1. The first kappa shape index (κ1) is 13.1. The van der Waals surface area contributed by atoms with Crippen LogP contribution in [0.1, 0.15) is 15.3 Å². The molecule has 2 nitrogen and oxygen atoms in total. The van der Waals surface area contributed by atoms with E-state index in [-0.39, 0.29) is 0 Å². The molecule has 0 aliphatic heterocycles. The highest BCUT2D eigenvalue weighted by molar-refractivity contribution is 9.11. The van der Waals surface area contributed by atoms with Gasteiger partial charge in [0.1, 0.15) is 5.82 Å². The van der Waals surface area contributed by atoms with Gasteiger partial charge in [-0.2, -0.15) is 0 Å². The van der Waals surface area contributed by atoms with Gasteiger partial charge in [0.2, 0.25) is 0 Å². The van der Waals surface area contributed by atoms with Crippen LogP contribution in [0.25, 0.3) is 0 Å². The average Bonchev–Trinajstić information content (AvgIpc) is 2.57. The van der Waals surface area contributed by atoms with Crippen molar-refractivity contribution < 1.29 is 0 Å². The van der Waals surface area contributed by atoms with E-state index in [0.29, 0.717) is 0 Å². The van der Waals surface area contributed by atoms with Crippen LogP contribution < -0.4 is 5.32 Å². The Hall–Kier alpha value is -0.390. The van der Waals surface area contributed by atoms with Gasteiger partial charge in [-0.05, 0) is 63.4 Å². The van der Waals surface area contributed by atoms with Crippen molar-refractivity contribution in [3.8, 4) is 0 Å². The number of aryl methyl sites for hydroxylation is 2. The highest BCUT2D eigenvalue weighted by Crippen LogP contribution is 2.25. The fraction of sp³-hybridized carbons (Fsp3) is 0.250. The lowest BCUT2D eigenvalue weighted by Crippen LogP contribution is -2.00. The summed E-state index contributed by atoms with van der Waals surface area (Å²) in [5, 5.41) is 3.33. The number of hydrogen-bond donors (Lipinski definition) is 1. The minimum atomic E-state index is 0.812. The fourth-order valence-corrected chi connectivity index (χ4v) is 3.57. The molecule has 2 heterocycles. The maximum absolute atomic E-state index is 4.32. The number of halogens is 2. The van der Waals surface area contributed by atoms with Crippen LogP contribution in [0.5, 0.6) is 0 Å². The first-order chi connectivity index (χ1) is 8.06. The Labute approximate surface area is 122 Å². The molecular weight excluding hydrogens is 364 g/mol. The molecule has 0 saturated heterocycles. The Morgan fingerprint density at radius 1 is 1.29 bits per heavy atom. The quantitative estimate of drug-likeness (QED) is 0.825. The standard InChI is InChI=1S/C12H12Br2N2S/c1-7-3-10(17-8(7)2)6-16-12-11(14)4-9(13)5-15-12/h3-5H,6H2,1-2H3,(H,15,16). The molecule has 0 atom stereocenters. The van der Waals surface area contributed by atoms with Gasteiger partial charge in [-0.15, -0.1) is 11.3 Å². The van der Waals surface area contributed by atoms with Gasteiger partial charge in [0, 0.05) is 20.4 Å². The number of nitrogens with zero attached hydrogens (tertiary/aromatic N) is 1. The molecule has 1 N–H and O–H groups in total. The summed E-state index contributed by atoms with van der Waals surface area (Å²) in [5.74, 6) is 0.872. The van der Waals surface area contributed by atoms with Gasteiger partial charge in [-0.3, -0.25) is 0 Å². The van der Waals surface area contributed by atoms with E-state index in [1.165, 1.54) is 15.3 Å². The van der Waals surface area contributed by atoms with Crippen LogP contribution >= 0.6 is 43.2 Å². The van der Waals surface area contributed by atoms with Crippen molar-refractivity contribution in [2.45, 2.75) is 20.4 Å². The lowest BCUT2D eigenvalue weighted by Gasteiger charge is -2.06. The number of rotatable bonds is 3. The van der Waals surface area contributed by atoms with Crippen LogP contribution in [0.2, 0.25) is 0 Å². The molecular formula is C12H12Br2N2S. The molecule has 5 heteroatoms. The maximum atomic E-state index is 4.32. The summed E-state index contributed by atoms with van der Waals surface area (Å²) >= 11 is 8.70. The number of nitrogens with one attached hydrogen (secondary N) is 1. The molecule has 0 radical (unpaired) electrons. The van der Waals surface area contributed by atoms with Crippen molar-refractivity contribution >= 4 is 49.0 Å². The predicted octanol–water partition coefficient (Wildman–Crippen LogP) is 4.90. The summed E-state index contributed by atoms with van der Waals surface area (Å²) in [6, 6.07) is 4.21. The Bertz CT molecular complexity index is 518. The predicted molar refractivity (Wildman–Crippen MR) is 80.8 cm³/mol. The van der Waals surface area contributed by atoms with E-state index in [1.54, 1.807) is 6.20 Å². The molecule has 0 aromatic carbocycles. The Morgan fingerprint density at radius 2 is 2.06 bits per heavy atom. The van der Waals surface area contributed by atoms with E-state index in [2.05, 4.69) is 62.1 Å². The van der Waals surface area contributed by atoms with Crippen molar-refractivity contribution in [1.82, 2.24) is 4.98 Å². The summed E-state index contributed by atoms with van der Waals surface area (Å²) < 4.78 is 1.94. The molecule has 0 fully saturated rings. The van der Waals surface area contributed by atoms with Crippen molar-refractivity contribution in [3.05, 3.63) is 42.6 Å². The van der Waals surface area contributed by atoms with E-state index in [0.717, 1.165) is 21.3 Å². The molecule has 2 rings (SSSR count).